The summed E-state index contributed by atoms with van der Waals surface area (Å²) in [6, 6.07) is 5.99. The number of ether oxygens (including phenoxy) is 1. The number of carbonyl (C=O) groups is 1. The van der Waals surface area contributed by atoms with E-state index in [1.54, 1.807) is 0 Å². The number of aryl methyl sites for hydroxylation is 1. The standard InChI is InChI=1S/C17H24N4O2/c1-13(12-20-7-9-23-10-8-20)18-17(22)11-15-14(2)19-16-5-3-4-6-21(15)16/h3-6,13H,7-12H2,1-2H3,(H,18,22)/t13-/m0/s1. The second-order valence-electron chi connectivity index (χ2n) is 6.13. The maximum atomic E-state index is 12.4. The zero-order valence-corrected chi connectivity index (χ0v) is 13.8. The number of aromatic nitrogens is 2. The molecule has 0 spiro atoms. The van der Waals surface area contributed by atoms with Gasteiger partial charge in [-0.25, -0.2) is 4.98 Å². The largest absolute Gasteiger partial charge is 0.379 e. The molecule has 1 fully saturated rings. The van der Waals surface area contributed by atoms with E-state index < -0.39 is 0 Å². The molecule has 0 radical (unpaired) electrons. The number of amides is 1. The van der Waals surface area contributed by atoms with Crippen LogP contribution in [0.4, 0.5) is 0 Å². The molecule has 0 aliphatic carbocycles. The Morgan fingerprint density at radius 3 is 2.96 bits per heavy atom. The van der Waals surface area contributed by atoms with Crippen molar-refractivity contribution < 1.29 is 9.53 Å². The number of rotatable bonds is 5. The molecular weight excluding hydrogens is 292 g/mol. The van der Waals surface area contributed by atoms with Crippen LogP contribution in [-0.4, -0.2) is 59.1 Å². The van der Waals surface area contributed by atoms with Gasteiger partial charge in [0.25, 0.3) is 0 Å². The van der Waals surface area contributed by atoms with Crippen LogP contribution in [0.25, 0.3) is 5.65 Å². The molecule has 2 aromatic rings. The first kappa shape index (κ1) is 16.0. The van der Waals surface area contributed by atoms with Gasteiger partial charge in [0.1, 0.15) is 5.65 Å². The van der Waals surface area contributed by atoms with Crippen molar-refractivity contribution in [3.8, 4) is 0 Å². The molecule has 6 heteroatoms. The predicted octanol–water partition coefficient (Wildman–Crippen LogP) is 1.02. The molecule has 2 aromatic heterocycles. The van der Waals surface area contributed by atoms with Crippen LogP contribution in [0.5, 0.6) is 0 Å². The van der Waals surface area contributed by atoms with Gasteiger partial charge in [0.15, 0.2) is 0 Å². The van der Waals surface area contributed by atoms with E-state index in [-0.39, 0.29) is 11.9 Å². The molecule has 1 aliphatic heterocycles. The number of hydrogen-bond acceptors (Lipinski definition) is 4. The van der Waals surface area contributed by atoms with Crippen molar-refractivity contribution in [2.75, 3.05) is 32.8 Å². The lowest BCUT2D eigenvalue weighted by molar-refractivity contribution is -0.121. The number of imidazole rings is 1. The Hall–Kier alpha value is -1.92. The van der Waals surface area contributed by atoms with Gasteiger partial charge in [-0.05, 0) is 26.0 Å². The molecule has 124 valence electrons. The highest BCUT2D eigenvalue weighted by Crippen LogP contribution is 2.12. The molecule has 0 bridgehead atoms. The summed E-state index contributed by atoms with van der Waals surface area (Å²) in [5.74, 6) is 0.0412. The highest BCUT2D eigenvalue weighted by Gasteiger charge is 2.17. The summed E-state index contributed by atoms with van der Waals surface area (Å²) >= 11 is 0. The maximum Gasteiger partial charge on any atom is 0.226 e. The molecule has 1 amide bonds. The normalized spacial score (nSPS) is 17.3. The molecule has 1 atom stereocenters. The van der Waals surface area contributed by atoms with Gasteiger partial charge in [0, 0.05) is 31.9 Å². The van der Waals surface area contributed by atoms with E-state index in [0.29, 0.717) is 6.42 Å². The van der Waals surface area contributed by atoms with E-state index in [0.717, 1.165) is 49.9 Å². The van der Waals surface area contributed by atoms with Gasteiger partial charge < -0.3 is 14.5 Å². The molecule has 23 heavy (non-hydrogen) atoms. The first-order valence-electron chi connectivity index (χ1n) is 8.15. The monoisotopic (exact) mass is 316 g/mol. The van der Waals surface area contributed by atoms with Gasteiger partial charge in [0.05, 0.1) is 31.0 Å². The molecule has 6 nitrogen and oxygen atoms in total. The van der Waals surface area contributed by atoms with Crippen LogP contribution in [0.1, 0.15) is 18.3 Å². The number of morpholine rings is 1. The van der Waals surface area contributed by atoms with E-state index in [1.807, 2.05) is 35.7 Å². The van der Waals surface area contributed by atoms with Gasteiger partial charge in [-0.1, -0.05) is 6.07 Å². The highest BCUT2D eigenvalue weighted by atomic mass is 16.5. The van der Waals surface area contributed by atoms with Crippen LogP contribution in [0.3, 0.4) is 0 Å². The summed E-state index contributed by atoms with van der Waals surface area (Å²) in [7, 11) is 0. The molecule has 0 aromatic carbocycles. The third-order valence-electron chi connectivity index (χ3n) is 4.20. The average Bonchev–Trinajstić information content (AvgIpc) is 2.84. The van der Waals surface area contributed by atoms with Gasteiger partial charge in [-0.15, -0.1) is 0 Å². The lowest BCUT2D eigenvalue weighted by Gasteiger charge is -2.29. The topological polar surface area (TPSA) is 58.9 Å². The van der Waals surface area contributed by atoms with E-state index in [9.17, 15) is 4.79 Å². The fourth-order valence-electron chi connectivity index (χ4n) is 3.07. The Morgan fingerprint density at radius 1 is 1.39 bits per heavy atom. The highest BCUT2D eigenvalue weighted by molar-refractivity contribution is 5.79. The van der Waals surface area contributed by atoms with E-state index in [1.165, 1.54) is 0 Å². The minimum Gasteiger partial charge on any atom is -0.379 e. The summed E-state index contributed by atoms with van der Waals surface area (Å²) in [6.07, 6.45) is 2.31. The second-order valence-corrected chi connectivity index (χ2v) is 6.13. The fourth-order valence-corrected chi connectivity index (χ4v) is 3.07. The molecule has 0 saturated carbocycles. The third-order valence-corrected chi connectivity index (χ3v) is 4.20. The number of hydrogen-bond donors (Lipinski definition) is 1. The van der Waals surface area contributed by atoms with Crippen LogP contribution < -0.4 is 5.32 Å². The van der Waals surface area contributed by atoms with Crippen molar-refractivity contribution in [1.29, 1.82) is 0 Å². The predicted molar refractivity (Wildman–Crippen MR) is 88.5 cm³/mol. The Morgan fingerprint density at radius 2 is 2.17 bits per heavy atom. The summed E-state index contributed by atoms with van der Waals surface area (Å²) < 4.78 is 7.34. The number of fused-ring (bicyclic) bond motifs is 1. The number of carbonyl (C=O) groups excluding carboxylic acids is 1. The van der Waals surface area contributed by atoms with Gasteiger partial charge >= 0.3 is 0 Å². The molecule has 1 N–H and O–H groups in total. The molecular formula is C17H24N4O2. The quantitative estimate of drug-likeness (QED) is 0.895. The summed E-state index contributed by atoms with van der Waals surface area (Å²) in [5.41, 5.74) is 2.75. The summed E-state index contributed by atoms with van der Waals surface area (Å²) in [5, 5.41) is 3.09. The van der Waals surface area contributed by atoms with Crippen molar-refractivity contribution >= 4 is 11.6 Å². The Balaban J connectivity index is 1.58. The lowest BCUT2D eigenvalue weighted by atomic mass is 10.2. The lowest BCUT2D eigenvalue weighted by Crippen LogP contribution is -2.46. The third kappa shape index (κ3) is 3.89. The number of nitrogens with one attached hydrogen (secondary N) is 1. The summed E-state index contributed by atoms with van der Waals surface area (Å²) in [6.45, 7) is 8.30. The van der Waals surface area contributed by atoms with Crippen molar-refractivity contribution in [2.45, 2.75) is 26.3 Å². The first-order chi connectivity index (χ1) is 11.1. The second kappa shape index (κ2) is 7.10. The zero-order valence-electron chi connectivity index (χ0n) is 13.8. The molecule has 1 aliphatic rings. The Labute approximate surface area is 136 Å². The molecule has 1 saturated heterocycles. The van der Waals surface area contributed by atoms with Crippen LogP contribution in [0.2, 0.25) is 0 Å². The van der Waals surface area contributed by atoms with Gasteiger partial charge in [-0.3, -0.25) is 9.69 Å². The number of pyridine rings is 1. The SMILES string of the molecule is Cc1nc2ccccn2c1CC(=O)N[C@@H](C)CN1CCOCC1. The maximum absolute atomic E-state index is 12.4. The zero-order chi connectivity index (χ0) is 16.2. The molecule has 3 rings (SSSR count). The van der Waals surface area contributed by atoms with Crippen LogP contribution in [-0.2, 0) is 16.0 Å². The van der Waals surface area contributed by atoms with Crippen molar-refractivity contribution in [2.24, 2.45) is 0 Å². The van der Waals surface area contributed by atoms with E-state index >= 15 is 0 Å². The Bertz CT molecular complexity index is 676. The minimum atomic E-state index is 0.0412. The van der Waals surface area contributed by atoms with Crippen molar-refractivity contribution in [1.82, 2.24) is 19.6 Å². The van der Waals surface area contributed by atoms with Crippen molar-refractivity contribution in [3.05, 3.63) is 35.8 Å². The smallest absolute Gasteiger partial charge is 0.226 e. The average molecular weight is 316 g/mol. The van der Waals surface area contributed by atoms with Crippen LogP contribution in [0.15, 0.2) is 24.4 Å². The fraction of sp³-hybridized carbons (Fsp3) is 0.529. The Kier molecular flexibility index (Phi) is 4.93. The van der Waals surface area contributed by atoms with Gasteiger partial charge in [-0.2, -0.15) is 0 Å². The van der Waals surface area contributed by atoms with Crippen molar-refractivity contribution in [3.63, 3.8) is 0 Å². The van der Waals surface area contributed by atoms with Gasteiger partial charge in [0.2, 0.25) is 5.91 Å². The van der Waals surface area contributed by atoms with E-state index in [4.69, 9.17) is 4.74 Å². The van der Waals surface area contributed by atoms with Crippen LogP contribution in [0, 0.1) is 6.92 Å². The van der Waals surface area contributed by atoms with Crippen LogP contribution >= 0.6 is 0 Å². The van der Waals surface area contributed by atoms with E-state index in [2.05, 4.69) is 22.1 Å². The first-order valence-corrected chi connectivity index (χ1v) is 8.15. The summed E-state index contributed by atoms with van der Waals surface area (Å²) in [4.78, 5) is 19.2. The molecule has 0 unspecified atom stereocenters. The molecule has 3 heterocycles. The number of nitrogens with zero attached hydrogens (tertiary/aromatic N) is 3. The minimum absolute atomic E-state index is 0.0412.